The number of amides is 3. The van der Waals surface area contributed by atoms with Crippen LogP contribution in [0.3, 0.4) is 0 Å². The molecule has 0 aromatic heterocycles. The summed E-state index contributed by atoms with van der Waals surface area (Å²) >= 11 is 0. The van der Waals surface area contributed by atoms with E-state index in [4.69, 9.17) is 10.5 Å². The van der Waals surface area contributed by atoms with Crippen molar-refractivity contribution in [3.63, 3.8) is 0 Å². The Labute approximate surface area is 202 Å². The molecule has 1 aliphatic rings. The maximum atomic E-state index is 13.9. The molecule has 0 atom stereocenters. The average molecular weight is 476 g/mol. The Morgan fingerprint density at radius 3 is 2.34 bits per heavy atom. The van der Waals surface area contributed by atoms with Crippen LogP contribution in [0.25, 0.3) is 0 Å². The third-order valence-electron chi connectivity index (χ3n) is 5.96. The topological polar surface area (TPSA) is 102 Å². The molecule has 1 saturated heterocycles. The van der Waals surface area contributed by atoms with Crippen molar-refractivity contribution in [3.05, 3.63) is 101 Å². The average Bonchev–Trinajstić information content (AvgIpc) is 2.88. The first kappa shape index (κ1) is 23.9. The zero-order valence-corrected chi connectivity index (χ0v) is 19.1. The third-order valence-corrected chi connectivity index (χ3v) is 5.96. The molecule has 0 unspecified atom stereocenters. The van der Waals surface area contributed by atoms with Gasteiger partial charge in [0.25, 0.3) is 17.7 Å². The molecule has 4 rings (SSSR count). The maximum Gasteiger partial charge on any atom is 0.256 e. The molecule has 8 heteroatoms. The largest absolute Gasteiger partial charge is 0.488 e. The van der Waals surface area contributed by atoms with E-state index < -0.39 is 11.7 Å². The SMILES string of the molecule is NC(=O)c1ccccc1OCc1cccc(C(=O)NC2CCN(C(=O)c3ccccc3F)CC2)c1. The third kappa shape index (κ3) is 5.84. The second kappa shape index (κ2) is 10.8. The van der Waals surface area contributed by atoms with Gasteiger partial charge in [-0.15, -0.1) is 0 Å². The van der Waals surface area contributed by atoms with Gasteiger partial charge >= 0.3 is 0 Å². The smallest absolute Gasteiger partial charge is 0.256 e. The Balaban J connectivity index is 1.31. The van der Waals surface area contributed by atoms with E-state index in [-0.39, 0.29) is 30.0 Å². The number of para-hydroxylation sites is 1. The van der Waals surface area contributed by atoms with Gasteiger partial charge in [0.1, 0.15) is 18.2 Å². The van der Waals surface area contributed by atoms with Crippen molar-refractivity contribution in [2.24, 2.45) is 5.73 Å². The number of carbonyl (C=O) groups is 3. The molecule has 0 aliphatic carbocycles. The number of hydrogen-bond donors (Lipinski definition) is 2. The van der Waals surface area contributed by atoms with Gasteiger partial charge in [0, 0.05) is 24.7 Å². The van der Waals surface area contributed by atoms with Gasteiger partial charge < -0.3 is 20.7 Å². The Morgan fingerprint density at radius 2 is 1.63 bits per heavy atom. The summed E-state index contributed by atoms with van der Waals surface area (Å²) in [6.45, 7) is 1.04. The lowest BCUT2D eigenvalue weighted by atomic mass is 10.0. The van der Waals surface area contributed by atoms with Crippen molar-refractivity contribution in [3.8, 4) is 5.75 Å². The fourth-order valence-corrected chi connectivity index (χ4v) is 4.06. The number of primary amides is 1. The van der Waals surface area contributed by atoms with Crippen LogP contribution in [0.1, 0.15) is 49.5 Å². The lowest BCUT2D eigenvalue weighted by Gasteiger charge is -2.32. The number of ether oxygens (including phenoxy) is 1. The number of hydrogen-bond acceptors (Lipinski definition) is 4. The maximum absolute atomic E-state index is 13.9. The highest BCUT2D eigenvalue weighted by Crippen LogP contribution is 2.20. The van der Waals surface area contributed by atoms with Gasteiger partial charge in [-0.05, 0) is 54.8 Å². The van der Waals surface area contributed by atoms with Crippen LogP contribution >= 0.6 is 0 Å². The molecular formula is C27H26FN3O4. The van der Waals surface area contributed by atoms with Crippen molar-refractivity contribution in [2.75, 3.05) is 13.1 Å². The number of benzene rings is 3. The molecule has 3 aromatic rings. The standard InChI is InChI=1S/C27H26FN3O4/c28-23-10-3-1-8-21(23)27(34)31-14-12-20(13-15-31)30-26(33)19-7-5-6-18(16-19)17-35-24-11-4-2-9-22(24)25(29)32/h1-11,16,20H,12-15,17H2,(H2,29,32)(H,30,33). The zero-order chi connectivity index (χ0) is 24.8. The van der Waals surface area contributed by atoms with Crippen LogP contribution in [0.5, 0.6) is 5.75 Å². The first-order valence-corrected chi connectivity index (χ1v) is 11.4. The van der Waals surface area contributed by atoms with E-state index in [1.165, 1.54) is 12.1 Å². The van der Waals surface area contributed by atoms with E-state index in [2.05, 4.69) is 5.32 Å². The fraction of sp³-hybridized carbons (Fsp3) is 0.222. The van der Waals surface area contributed by atoms with E-state index in [9.17, 15) is 18.8 Å². The van der Waals surface area contributed by atoms with E-state index in [0.29, 0.717) is 42.8 Å². The van der Waals surface area contributed by atoms with E-state index in [0.717, 1.165) is 5.56 Å². The van der Waals surface area contributed by atoms with Crippen LogP contribution in [0.15, 0.2) is 72.8 Å². The van der Waals surface area contributed by atoms with E-state index in [1.807, 2.05) is 6.07 Å². The molecule has 1 fully saturated rings. The van der Waals surface area contributed by atoms with Crippen LogP contribution < -0.4 is 15.8 Å². The van der Waals surface area contributed by atoms with Gasteiger partial charge in [-0.1, -0.05) is 36.4 Å². The molecule has 35 heavy (non-hydrogen) atoms. The molecule has 3 N–H and O–H groups in total. The van der Waals surface area contributed by atoms with Crippen molar-refractivity contribution in [1.29, 1.82) is 0 Å². The van der Waals surface area contributed by atoms with Crippen LogP contribution in [0.2, 0.25) is 0 Å². The van der Waals surface area contributed by atoms with Gasteiger partial charge in [0.2, 0.25) is 0 Å². The second-order valence-corrected chi connectivity index (χ2v) is 8.37. The summed E-state index contributed by atoms with van der Waals surface area (Å²) in [7, 11) is 0. The quantitative estimate of drug-likeness (QED) is 0.546. The highest BCUT2D eigenvalue weighted by Gasteiger charge is 2.26. The molecule has 0 saturated carbocycles. The van der Waals surface area contributed by atoms with Crippen molar-refractivity contribution >= 4 is 17.7 Å². The molecule has 7 nitrogen and oxygen atoms in total. The van der Waals surface area contributed by atoms with Gasteiger partial charge in [0.05, 0.1) is 11.1 Å². The van der Waals surface area contributed by atoms with Crippen LogP contribution in [-0.4, -0.2) is 41.8 Å². The minimum absolute atomic E-state index is 0.0625. The van der Waals surface area contributed by atoms with E-state index >= 15 is 0 Å². The molecule has 1 aliphatic heterocycles. The number of nitrogens with one attached hydrogen (secondary N) is 1. The predicted octanol–water partition coefficient (Wildman–Crippen LogP) is 3.54. The summed E-state index contributed by atoms with van der Waals surface area (Å²) in [4.78, 5) is 38.6. The number of carbonyl (C=O) groups excluding carboxylic acids is 3. The molecule has 0 radical (unpaired) electrons. The normalized spacial score (nSPS) is 13.8. The van der Waals surface area contributed by atoms with Gasteiger partial charge in [-0.3, -0.25) is 14.4 Å². The van der Waals surface area contributed by atoms with Gasteiger partial charge in [-0.25, -0.2) is 4.39 Å². The minimum Gasteiger partial charge on any atom is -0.488 e. The van der Waals surface area contributed by atoms with Crippen molar-refractivity contribution < 1.29 is 23.5 Å². The highest BCUT2D eigenvalue weighted by atomic mass is 19.1. The molecule has 3 amide bonds. The summed E-state index contributed by atoms with van der Waals surface area (Å²) in [6.07, 6.45) is 1.16. The summed E-state index contributed by atoms with van der Waals surface area (Å²) < 4.78 is 19.7. The first-order chi connectivity index (χ1) is 16.9. The predicted molar refractivity (Wildman–Crippen MR) is 129 cm³/mol. The summed E-state index contributed by atoms with van der Waals surface area (Å²) in [5.41, 5.74) is 6.99. The van der Waals surface area contributed by atoms with Crippen LogP contribution in [-0.2, 0) is 6.61 Å². The number of halogens is 1. The number of nitrogens with two attached hydrogens (primary N) is 1. The van der Waals surface area contributed by atoms with Crippen molar-refractivity contribution in [1.82, 2.24) is 10.2 Å². The summed E-state index contributed by atoms with van der Waals surface area (Å²) in [5, 5.41) is 3.02. The minimum atomic E-state index is -0.574. The Hall–Kier alpha value is -4.20. The lowest BCUT2D eigenvalue weighted by molar-refractivity contribution is 0.0693. The number of nitrogens with zero attached hydrogens (tertiary/aromatic N) is 1. The Bertz CT molecular complexity index is 1240. The number of piperidine rings is 1. The van der Waals surface area contributed by atoms with Crippen molar-refractivity contribution in [2.45, 2.75) is 25.5 Å². The van der Waals surface area contributed by atoms with E-state index in [1.54, 1.807) is 59.5 Å². The van der Waals surface area contributed by atoms with Crippen LogP contribution in [0.4, 0.5) is 4.39 Å². The zero-order valence-electron chi connectivity index (χ0n) is 19.1. The summed E-state index contributed by atoms with van der Waals surface area (Å²) in [6, 6.07) is 19.6. The second-order valence-electron chi connectivity index (χ2n) is 8.37. The van der Waals surface area contributed by atoms with Gasteiger partial charge in [-0.2, -0.15) is 0 Å². The molecule has 180 valence electrons. The highest BCUT2D eigenvalue weighted by molar-refractivity contribution is 5.96. The lowest BCUT2D eigenvalue weighted by Crippen LogP contribution is -2.46. The molecular weight excluding hydrogens is 449 g/mol. The Kier molecular flexibility index (Phi) is 7.40. The molecule has 0 bridgehead atoms. The fourth-order valence-electron chi connectivity index (χ4n) is 4.06. The van der Waals surface area contributed by atoms with Crippen LogP contribution in [0, 0.1) is 5.82 Å². The monoisotopic (exact) mass is 475 g/mol. The number of rotatable bonds is 7. The molecule has 0 spiro atoms. The molecule has 1 heterocycles. The van der Waals surface area contributed by atoms with Gasteiger partial charge in [0.15, 0.2) is 0 Å². The molecule has 3 aromatic carbocycles. The Morgan fingerprint density at radius 1 is 0.943 bits per heavy atom. The number of likely N-dealkylation sites (tertiary alicyclic amines) is 1. The first-order valence-electron chi connectivity index (χ1n) is 11.4. The summed E-state index contributed by atoms with van der Waals surface area (Å²) in [5.74, 6) is -1.28.